The van der Waals surface area contributed by atoms with Gasteiger partial charge in [0.15, 0.2) is 6.61 Å². The van der Waals surface area contributed by atoms with Crippen LogP contribution in [0.2, 0.25) is 0 Å². The number of allylic oxidation sites excluding steroid dienone is 2. The Kier molecular flexibility index (Phi) is 6.43. The van der Waals surface area contributed by atoms with Gasteiger partial charge in [0, 0.05) is 6.54 Å². The van der Waals surface area contributed by atoms with Crippen molar-refractivity contribution in [1.29, 1.82) is 0 Å². The van der Waals surface area contributed by atoms with E-state index in [-0.39, 0.29) is 43.2 Å². The van der Waals surface area contributed by atoms with Crippen LogP contribution in [0.3, 0.4) is 0 Å². The van der Waals surface area contributed by atoms with E-state index in [0.717, 1.165) is 4.90 Å². The molecule has 0 saturated carbocycles. The molecule has 1 fully saturated rings. The number of likely N-dealkylation sites (tertiary alicyclic amines) is 1. The van der Waals surface area contributed by atoms with E-state index in [4.69, 9.17) is 9.15 Å². The molecule has 1 aliphatic heterocycles. The third kappa shape index (κ3) is 5.09. The monoisotopic (exact) mass is 403 g/mol. The molecule has 1 aliphatic carbocycles. The molecule has 2 heterocycles. The van der Waals surface area contributed by atoms with Crippen LogP contribution in [0, 0.1) is 11.8 Å². The number of rotatable bonds is 7. The van der Waals surface area contributed by atoms with Crippen LogP contribution in [-0.4, -0.2) is 47.8 Å². The van der Waals surface area contributed by atoms with Crippen molar-refractivity contribution in [1.82, 2.24) is 15.5 Å². The minimum Gasteiger partial charge on any atom is -0.467 e. The number of nitrogens with one attached hydrogen (secondary N) is 2. The van der Waals surface area contributed by atoms with Gasteiger partial charge in [-0.05, 0) is 25.0 Å². The highest BCUT2D eigenvalue weighted by Gasteiger charge is 2.46. The lowest BCUT2D eigenvalue weighted by molar-refractivity contribution is -0.149. The number of imide groups is 2. The fourth-order valence-electron chi connectivity index (χ4n) is 3.30. The van der Waals surface area contributed by atoms with Gasteiger partial charge in [-0.1, -0.05) is 12.2 Å². The van der Waals surface area contributed by atoms with Crippen LogP contribution in [0.5, 0.6) is 0 Å². The second-order valence-electron chi connectivity index (χ2n) is 6.70. The van der Waals surface area contributed by atoms with Crippen molar-refractivity contribution in [2.75, 3.05) is 13.2 Å². The lowest BCUT2D eigenvalue weighted by Gasteiger charge is -2.14. The van der Waals surface area contributed by atoms with E-state index in [1.54, 1.807) is 12.1 Å². The Morgan fingerprint density at radius 1 is 1.14 bits per heavy atom. The van der Waals surface area contributed by atoms with Crippen molar-refractivity contribution in [2.45, 2.75) is 25.8 Å². The highest BCUT2D eigenvalue weighted by molar-refractivity contribution is 6.05. The van der Waals surface area contributed by atoms with Crippen LogP contribution in [-0.2, 0) is 30.5 Å². The number of carbonyl (C=O) groups is 5. The van der Waals surface area contributed by atoms with Gasteiger partial charge in [-0.2, -0.15) is 0 Å². The topological polar surface area (TPSA) is 135 Å². The van der Waals surface area contributed by atoms with Crippen molar-refractivity contribution >= 4 is 29.7 Å². The molecule has 10 heteroatoms. The molecule has 0 bridgehead atoms. The number of nitrogens with zero attached hydrogens (tertiary/aromatic N) is 1. The molecular weight excluding hydrogens is 382 g/mol. The third-order valence-electron chi connectivity index (χ3n) is 4.76. The summed E-state index contributed by atoms with van der Waals surface area (Å²) < 4.78 is 9.82. The molecule has 1 aromatic rings. The number of amides is 5. The largest absolute Gasteiger partial charge is 0.467 e. The van der Waals surface area contributed by atoms with Gasteiger partial charge in [0.25, 0.3) is 5.91 Å². The number of esters is 1. The minimum absolute atomic E-state index is 0.0885. The molecular formula is C19H21N3O7. The Morgan fingerprint density at radius 3 is 2.45 bits per heavy atom. The number of hydrogen-bond donors (Lipinski definition) is 2. The second kappa shape index (κ2) is 9.18. The number of hydrogen-bond acceptors (Lipinski definition) is 7. The van der Waals surface area contributed by atoms with Crippen LogP contribution >= 0.6 is 0 Å². The van der Waals surface area contributed by atoms with E-state index in [0.29, 0.717) is 18.6 Å². The minimum atomic E-state index is -0.805. The first kappa shape index (κ1) is 20.3. The van der Waals surface area contributed by atoms with Crippen LogP contribution in [0.15, 0.2) is 35.0 Å². The number of fused-ring (bicyclic) bond motifs is 1. The fraction of sp³-hybridized carbons (Fsp3) is 0.421. The van der Waals surface area contributed by atoms with E-state index in [1.807, 2.05) is 17.5 Å². The molecule has 0 spiro atoms. The Hall–Kier alpha value is -3.43. The maximum absolute atomic E-state index is 12.3. The first-order valence-electron chi connectivity index (χ1n) is 9.21. The number of ether oxygens (including phenoxy) is 1. The van der Waals surface area contributed by atoms with Gasteiger partial charge in [-0.3, -0.25) is 29.4 Å². The van der Waals surface area contributed by atoms with E-state index >= 15 is 0 Å². The van der Waals surface area contributed by atoms with Gasteiger partial charge in [0.05, 0.1) is 31.1 Å². The number of furan rings is 1. The summed E-state index contributed by atoms with van der Waals surface area (Å²) in [7, 11) is 0. The zero-order valence-corrected chi connectivity index (χ0v) is 15.6. The maximum atomic E-state index is 12.3. The predicted octanol–water partition coefficient (Wildman–Crippen LogP) is 0.490. The maximum Gasteiger partial charge on any atom is 0.321 e. The summed E-state index contributed by atoms with van der Waals surface area (Å²) >= 11 is 0. The molecule has 3 rings (SSSR count). The summed E-state index contributed by atoms with van der Waals surface area (Å²) in [5.41, 5.74) is 0. The molecule has 2 N–H and O–H groups in total. The third-order valence-corrected chi connectivity index (χ3v) is 4.76. The van der Waals surface area contributed by atoms with Gasteiger partial charge in [-0.25, -0.2) is 4.79 Å². The van der Waals surface area contributed by atoms with Crippen molar-refractivity contribution in [3.8, 4) is 0 Å². The first-order chi connectivity index (χ1) is 14.0. The summed E-state index contributed by atoms with van der Waals surface area (Å²) in [6, 6.07) is 2.56. The Labute approximate surface area is 166 Å². The normalized spacial score (nSPS) is 20.3. The molecule has 1 aromatic heterocycles. The lowest BCUT2D eigenvalue weighted by Crippen LogP contribution is -2.41. The van der Waals surface area contributed by atoms with E-state index in [9.17, 15) is 24.0 Å². The average Bonchev–Trinajstić information content (AvgIpc) is 3.31. The van der Waals surface area contributed by atoms with E-state index < -0.39 is 24.5 Å². The smallest absolute Gasteiger partial charge is 0.321 e. The van der Waals surface area contributed by atoms with Gasteiger partial charge in [-0.15, -0.1) is 0 Å². The van der Waals surface area contributed by atoms with Gasteiger partial charge < -0.3 is 14.5 Å². The molecule has 29 heavy (non-hydrogen) atoms. The standard InChI is InChI=1S/C19H21N3O7/c23-15(21-19(27)20-10-12-4-3-9-28-12)11-29-16(24)7-8-22-17(25)13-5-1-2-6-14(13)18(22)26/h1-4,9,13-14H,5-8,10-11H2,(H2,20,21,23,27)/t13-,14+. The summed E-state index contributed by atoms with van der Waals surface area (Å²) in [5, 5.41) is 4.42. The second-order valence-corrected chi connectivity index (χ2v) is 6.70. The van der Waals surface area contributed by atoms with Crippen molar-refractivity contribution in [3.05, 3.63) is 36.3 Å². The highest BCUT2D eigenvalue weighted by atomic mass is 16.5. The van der Waals surface area contributed by atoms with Gasteiger partial charge in [0.2, 0.25) is 11.8 Å². The highest BCUT2D eigenvalue weighted by Crippen LogP contribution is 2.34. The molecule has 1 saturated heterocycles. The van der Waals surface area contributed by atoms with Crippen LogP contribution < -0.4 is 10.6 Å². The van der Waals surface area contributed by atoms with Gasteiger partial charge >= 0.3 is 12.0 Å². The number of urea groups is 1. The summed E-state index contributed by atoms with van der Waals surface area (Å²) in [6.45, 7) is -0.639. The molecule has 154 valence electrons. The van der Waals surface area contributed by atoms with Crippen LogP contribution in [0.25, 0.3) is 0 Å². The fourth-order valence-corrected chi connectivity index (χ4v) is 3.30. The number of carbonyl (C=O) groups excluding carboxylic acids is 5. The molecule has 2 atom stereocenters. The quantitative estimate of drug-likeness (QED) is 0.384. The SMILES string of the molecule is O=C(COC(=O)CCN1C(=O)[C@H]2CC=CC[C@H]2C1=O)NC(=O)NCc1ccco1. The molecule has 0 aromatic carbocycles. The average molecular weight is 403 g/mol. The predicted molar refractivity (Wildman–Crippen MR) is 96.7 cm³/mol. The van der Waals surface area contributed by atoms with Gasteiger partial charge in [0.1, 0.15) is 5.76 Å². The van der Waals surface area contributed by atoms with E-state index in [1.165, 1.54) is 6.26 Å². The Balaban J connectivity index is 1.34. The molecule has 5 amide bonds. The van der Waals surface area contributed by atoms with Crippen molar-refractivity contribution in [2.24, 2.45) is 11.8 Å². The van der Waals surface area contributed by atoms with Crippen molar-refractivity contribution < 1.29 is 33.1 Å². The molecule has 0 unspecified atom stereocenters. The molecule has 2 aliphatic rings. The Morgan fingerprint density at radius 2 is 1.83 bits per heavy atom. The summed E-state index contributed by atoms with van der Waals surface area (Å²) in [5.74, 6) is -2.29. The zero-order chi connectivity index (χ0) is 20.8. The Bertz CT molecular complexity index is 805. The summed E-state index contributed by atoms with van der Waals surface area (Å²) in [4.78, 5) is 60.7. The van der Waals surface area contributed by atoms with E-state index in [2.05, 4.69) is 5.32 Å². The first-order valence-corrected chi connectivity index (χ1v) is 9.21. The molecule has 10 nitrogen and oxygen atoms in total. The summed E-state index contributed by atoms with van der Waals surface area (Å²) in [6.07, 6.45) is 6.05. The van der Waals surface area contributed by atoms with Crippen LogP contribution in [0.4, 0.5) is 4.79 Å². The lowest BCUT2D eigenvalue weighted by atomic mass is 9.85. The van der Waals surface area contributed by atoms with Crippen LogP contribution in [0.1, 0.15) is 25.0 Å². The zero-order valence-electron chi connectivity index (χ0n) is 15.6. The molecule has 0 radical (unpaired) electrons. The van der Waals surface area contributed by atoms with Crippen molar-refractivity contribution in [3.63, 3.8) is 0 Å².